The summed E-state index contributed by atoms with van der Waals surface area (Å²) < 4.78 is 21.8. The third-order valence-electron chi connectivity index (χ3n) is 5.35. The van der Waals surface area contributed by atoms with Gasteiger partial charge in [-0.05, 0) is 54.8 Å². The average molecular weight is 511 g/mol. The Hall–Kier alpha value is -2.20. The number of hydrogen-bond donors (Lipinski definition) is 2. The third kappa shape index (κ3) is 4.87. The van der Waals surface area contributed by atoms with Crippen LogP contribution >= 0.6 is 24.0 Å². The molecule has 7 nitrogen and oxygen atoms in total. The summed E-state index contributed by atoms with van der Waals surface area (Å²) in [6.07, 6.45) is 1.76. The van der Waals surface area contributed by atoms with Gasteiger partial charge >= 0.3 is 0 Å². The molecule has 0 spiro atoms. The van der Waals surface area contributed by atoms with Crippen LogP contribution in [0.15, 0.2) is 47.5 Å². The fourth-order valence-corrected chi connectivity index (χ4v) is 3.62. The quantitative estimate of drug-likeness (QED) is 0.363. The Morgan fingerprint density at radius 1 is 1.10 bits per heavy atom. The zero-order valence-electron chi connectivity index (χ0n) is 16.3. The molecule has 1 saturated heterocycles. The molecule has 2 aliphatic heterocycles. The average Bonchev–Trinajstić information content (AvgIpc) is 3.21. The van der Waals surface area contributed by atoms with E-state index in [1.165, 1.54) is 5.56 Å². The summed E-state index contributed by atoms with van der Waals surface area (Å²) in [6.45, 7) is 2.25. The first-order valence-electron chi connectivity index (χ1n) is 9.37. The summed E-state index contributed by atoms with van der Waals surface area (Å²) in [5.41, 5.74) is 8.07. The van der Waals surface area contributed by atoms with Gasteiger partial charge in [-0.15, -0.1) is 24.0 Å². The topological polar surface area (TPSA) is 87.3 Å². The molecule has 0 aromatic heterocycles. The largest absolute Gasteiger partial charge is 0.497 e. The fourth-order valence-electron chi connectivity index (χ4n) is 3.62. The maximum Gasteiger partial charge on any atom is 0.231 e. The Morgan fingerprint density at radius 3 is 2.55 bits per heavy atom. The molecule has 0 saturated carbocycles. The maximum atomic E-state index is 6.15. The number of halogens is 1. The van der Waals surface area contributed by atoms with Crippen LogP contribution in [0, 0.1) is 0 Å². The van der Waals surface area contributed by atoms with Gasteiger partial charge in [0.25, 0.3) is 0 Å². The van der Waals surface area contributed by atoms with Gasteiger partial charge in [0.15, 0.2) is 17.5 Å². The van der Waals surface area contributed by atoms with Crippen LogP contribution in [0.2, 0.25) is 0 Å². The van der Waals surface area contributed by atoms with Gasteiger partial charge in [0, 0.05) is 24.3 Å². The summed E-state index contributed by atoms with van der Waals surface area (Å²) in [5.74, 6) is 2.76. The fraction of sp³-hybridized carbons (Fsp3) is 0.381. The minimum Gasteiger partial charge on any atom is -0.497 e. The molecule has 2 aliphatic rings. The van der Waals surface area contributed by atoms with Crippen LogP contribution in [0.3, 0.4) is 0 Å². The normalized spacial score (nSPS) is 17.3. The molecule has 2 heterocycles. The van der Waals surface area contributed by atoms with Crippen LogP contribution in [0.5, 0.6) is 17.2 Å². The number of anilines is 1. The van der Waals surface area contributed by atoms with Crippen molar-refractivity contribution in [2.45, 2.75) is 18.3 Å². The first-order chi connectivity index (χ1) is 13.7. The van der Waals surface area contributed by atoms with E-state index in [1.807, 2.05) is 30.3 Å². The number of benzene rings is 2. The molecule has 4 rings (SSSR count). The summed E-state index contributed by atoms with van der Waals surface area (Å²) in [6, 6.07) is 13.7. The second kappa shape index (κ2) is 9.53. The molecule has 0 bridgehead atoms. The highest BCUT2D eigenvalue weighted by molar-refractivity contribution is 14.0. The highest BCUT2D eigenvalue weighted by Gasteiger charge is 2.35. The zero-order chi connectivity index (χ0) is 19.4. The minimum atomic E-state index is -0.133. The van der Waals surface area contributed by atoms with E-state index >= 15 is 0 Å². The van der Waals surface area contributed by atoms with E-state index in [2.05, 4.69) is 22.4 Å². The number of fused-ring (bicyclic) bond motifs is 1. The van der Waals surface area contributed by atoms with E-state index in [9.17, 15) is 0 Å². The lowest BCUT2D eigenvalue weighted by atomic mass is 9.74. The smallest absolute Gasteiger partial charge is 0.231 e. The molecular weight excluding hydrogens is 485 g/mol. The van der Waals surface area contributed by atoms with Gasteiger partial charge in [0.1, 0.15) is 5.75 Å². The van der Waals surface area contributed by atoms with Crippen molar-refractivity contribution >= 4 is 35.6 Å². The number of rotatable bonds is 5. The molecule has 3 N–H and O–H groups in total. The molecule has 156 valence electrons. The first-order valence-corrected chi connectivity index (χ1v) is 9.37. The van der Waals surface area contributed by atoms with Crippen LogP contribution < -0.4 is 25.3 Å². The maximum absolute atomic E-state index is 6.15. The molecule has 0 atom stereocenters. The van der Waals surface area contributed by atoms with E-state index in [4.69, 9.17) is 24.7 Å². The van der Waals surface area contributed by atoms with Gasteiger partial charge in [-0.2, -0.15) is 0 Å². The molecule has 29 heavy (non-hydrogen) atoms. The predicted molar refractivity (Wildman–Crippen MR) is 123 cm³/mol. The van der Waals surface area contributed by atoms with E-state index in [0.717, 1.165) is 35.8 Å². The highest BCUT2D eigenvalue weighted by Crippen LogP contribution is 2.41. The van der Waals surface area contributed by atoms with E-state index < -0.39 is 0 Å². The van der Waals surface area contributed by atoms with Gasteiger partial charge in [0.2, 0.25) is 6.79 Å². The first kappa shape index (κ1) is 21.5. The van der Waals surface area contributed by atoms with Crippen molar-refractivity contribution < 1.29 is 18.9 Å². The molecule has 1 fully saturated rings. The van der Waals surface area contributed by atoms with Gasteiger partial charge in [-0.25, -0.2) is 0 Å². The number of methoxy groups -OCH3 is 1. The molecule has 2 aromatic carbocycles. The second-order valence-corrected chi connectivity index (χ2v) is 7.02. The number of guanidine groups is 1. The van der Waals surface area contributed by atoms with Gasteiger partial charge < -0.3 is 30.0 Å². The van der Waals surface area contributed by atoms with Crippen LogP contribution in [0.1, 0.15) is 18.4 Å². The van der Waals surface area contributed by atoms with E-state index in [-0.39, 0.29) is 36.2 Å². The van der Waals surface area contributed by atoms with Gasteiger partial charge in [0.05, 0.1) is 13.7 Å². The van der Waals surface area contributed by atoms with Crippen molar-refractivity contribution in [3.05, 3.63) is 48.0 Å². The van der Waals surface area contributed by atoms with E-state index in [1.54, 1.807) is 7.11 Å². The van der Waals surface area contributed by atoms with E-state index in [0.29, 0.717) is 25.7 Å². The lowest BCUT2D eigenvalue weighted by Crippen LogP contribution is -2.38. The lowest BCUT2D eigenvalue weighted by Gasteiger charge is -2.36. The number of ether oxygens (including phenoxy) is 4. The Bertz CT molecular complexity index is 852. The van der Waals surface area contributed by atoms with Crippen LogP contribution in [0.4, 0.5) is 5.69 Å². The Labute approximate surface area is 187 Å². The number of nitrogens with two attached hydrogens (primary N) is 1. The van der Waals surface area contributed by atoms with Crippen LogP contribution in [-0.4, -0.2) is 39.6 Å². The van der Waals surface area contributed by atoms with Gasteiger partial charge in [-0.3, -0.25) is 4.99 Å². The van der Waals surface area contributed by atoms with Crippen molar-refractivity contribution in [3.63, 3.8) is 0 Å². The molecule has 8 heteroatoms. The van der Waals surface area contributed by atoms with Crippen LogP contribution in [0.25, 0.3) is 0 Å². The van der Waals surface area contributed by atoms with Crippen molar-refractivity contribution in [3.8, 4) is 17.2 Å². The number of nitrogens with zero attached hydrogens (tertiary/aromatic N) is 1. The molecule has 0 unspecified atom stereocenters. The van der Waals surface area contributed by atoms with Gasteiger partial charge in [-0.1, -0.05) is 6.07 Å². The monoisotopic (exact) mass is 511 g/mol. The summed E-state index contributed by atoms with van der Waals surface area (Å²) in [4.78, 5) is 4.65. The molecule has 0 aliphatic carbocycles. The molecule has 0 radical (unpaired) electrons. The Morgan fingerprint density at radius 2 is 1.83 bits per heavy atom. The number of hydrogen-bond acceptors (Lipinski definition) is 5. The molecule has 0 amide bonds. The standard InChI is InChI=1S/C21H25N3O4.HI/c1-25-17-5-3-16(4-6-17)24-20(22)23-13-21(8-10-26-11-9-21)15-2-7-18-19(12-15)28-14-27-18;/h2-7,12H,8-11,13-14H2,1H3,(H3,22,23,24);1H. The Balaban J connectivity index is 0.00000240. The summed E-state index contributed by atoms with van der Waals surface area (Å²) >= 11 is 0. The highest BCUT2D eigenvalue weighted by atomic mass is 127. The lowest BCUT2D eigenvalue weighted by molar-refractivity contribution is 0.0531. The Kier molecular flexibility index (Phi) is 7.07. The van der Waals surface area contributed by atoms with Crippen molar-refractivity contribution in [1.82, 2.24) is 0 Å². The summed E-state index contributed by atoms with van der Waals surface area (Å²) in [7, 11) is 1.64. The van der Waals surface area contributed by atoms with Crippen molar-refractivity contribution in [2.75, 3.05) is 39.0 Å². The van der Waals surface area contributed by atoms with Crippen LogP contribution in [-0.2, 0) is 10.2 Å². The minimum absolute atomic E-state index is 0. The number of aliphatic imine (C=N–C) groups is 1. The molecular formula is C21H26IN3O4. The predicted octanol–water partition coefficient (Wildman–Crippen LogP) is 3.52. The zero-order valence-corrected chi connectivity index (χ0v) is 18.7. The SMILES string of the molecule is COc1ccc(NC(N)=NCC2(c3ccc4c(c3)OCO4)CCOCC2)cc1.I. The number of nitrogens with one attached hydrogen (secondary N) is 1. The second-order valence-electron chi connectivity index (χ2n) is 7.02. The molecule has 2 aromatic rings. The van der Waals surface area contributed by atoms with Crippen molar-refractivity contribution in [2.24, 2.45) is 10.7 Å². The van der Waals surface area contributed by atoms with Crippen molar-refractivity contribution in [1.29, 1.82) is 0 Å². The third-order valence-corrected chi connectivity index (χ3v) is 5.35. The summed E-state index contributed by atoms with van der Waals surface area (Å²) in [5, 5.41) is 3.14.